The lowest BCUT2D eigenvalue weighted by Gasteiger charge is -2.50. The number of carbonyl (C=O) groups excluding carboxylic acids is 3. The minimum atomic E-state index is -5.19. The van der Waals surface area contributed by atoms with Gasteiger partial charge >= 0.3 is 22.5 Å². The van der Waals surface area contributed by atoms with Crippen LogP contribution >= 0.6 is 11.3 Å². The number of nitrogens with one attached hydrogen (secondary N) is 1. The number of alkyl halides is 3. The van der Waals surface area contributed by atoms with Gasteiger partial charge in [-0.2, -0.15) is 31.3 Å². The first-order chi connectivity index (χ1) is 25.4. The molecule has 2 atom stereocenters. The highest BCUT2D eigenvalue weighted by Gasteiger charge is 2.58. The van der Waals surface area contributed by atoms with Crippen LogP contribution in [0.1, 0.15) is 37.4 Å². The molecule has 1 aliphatic heterocycles. The fourth-order valence-electron chi connectivity index (χ4n) is 5.11. The van der Waals surface area contributed by atoms with Gasteiger partial charge in [-0.3, -0.25) is 14.1 Å². The number of halogens is 3. The number of hydrogen-bond acceptors (Lipinski definition) is 15. The SMILES string of the molecule is Cc1c(-c2ccc(OC[C@H](O/N=C(\C(=O)N[C@@H]3C(=O)N(OS(=O)(=O)O)C3(C)C)c3csc(N)n3)C(=O)O)cc2)c(C)[n+](C)n1CCCN.O=C([O-])C(F)(F)F. The van der Waals surface area contributed by atoms with Gasteiger partial charge in [0.15, 0.2) is 17.9 Å². The lowest BCUT2D eigenvalue weighted by molar-refractivity contribution is -0.759. The van der Waals surface area contributed by atoms with Crippen LogP contribution in [0.5, 0.6) is 5.75 Å². The fourth-order valence-corrected chi connectivity index (χ4v) is 6.11. The molecule has 4 rings (SSSR count). The molecule has 0 saturated carbocycles. The molecule has 55 heavy (non-hydrogen) atoms. The molecule has 0 bridgehead atoms. The van der Waals surface area contributed by atoms with Crippen molar-refractivity contribution in [1.29, 1.82) is 0 Å². The number of anilines is 1. The number of thiazole rings is 1. The summed E-state index contributed by atoms with van der Waals surface area (Å²) >= 11 is 0.962. The largest absolute Gasteiger partial charge is 0.542 e. The number of aromatic nitrogens is 3. The Kier molecular flexibility index (Phi) is 13.9. The summed E-state index contributed by atoms with van der Waals surface area (Å²) in [5, 5.41) is 26.5. The van der Waals surface area contributed by atoms with Crippen LogP contribution < -0.4 is 31.3 Å². The number of ether oxygens (including phenoxy) is 1. The maximum absolute atomic E-state index is 13.2. The Bertz CT molecular complexity index is 2050. The van der Waals surface area contributed by atoms with Gasteiger partial charge in [0.25, 0.3) is 17.9 Å². The maximum atomic E-state index is 13.2. The first-order valence-electron chi connectivity index (χ1n) is 15.7. The predicted molar refractivity (Wildman–Crippen MR) is 182 cm³/mol. The molecule has 1 saturated heterocycles. The van der Waals surface area contributed by atoms with Gasteiger partial charge in [-0.1, -0.05) is 17.3 Å². The number of hydrogen-bond donors (Lipinski definition) is 5. The van der Waals surface area contributed by atoms with Gasteiger partial charge in [0.1, 0.15) is 30.1 Å². The number of nitrogens with two attached hydrogens (primary N) is 2. The third kappa shape index (κ3) is 10.9. The van der Waals surface area contributed by atoms with Crippen LogP contribution in [0.4, 0.5) is 18.3 Å². The van der Waals surface area contributed by atoms with Crippen LogP contribution in [0.15, 0.2) is 34.8 Å². The lowest BCUT2D eigenvalue weighted by Crippen LogP contribution is -2.76. The third-order valence-corrected chi connectivity index (χ3v) is 8.97. The van der Waals surface area contributed by atoms with E-state index in [4.69, 9.17) is 35.5 Å². The molecule has 1 aliphatic rings. The van der Waals surface area contributed by atoms with Crippen LogP contribution in [0.3, 0.4) is 0 Å². The number of carboxylic acids is 2. The number of carboxylic acid groups (broad SMARTS) is 2. The minimum absolute atomic E-state index is 0.0612. The first kappa shape index (κ1) is 44.0. The van der Waals surface area contributed by atoms with Crippen LogP contribution in [0.25, 0.3) is 11.1 Å². The monoisotopic (exact) mass is 822 g/mol. The normalized spacial score (nSPS) is 16.0. The molecule has 1 fully saturated rings. The van der Waals surface area contributed by atoms with E-state index in [1.807, 2.05) is 33.0 Å². The van der Waals surface area contributed by atoms with Crippen molar-refractivity contribution < 1.29 is 74.1 Å². The van der Waals surface area contributed by atoms with Crippen molar-refractivity contribution in [3.05, 3.63) is 46.7 Å². The quantitative estimate of drug-likeness (QED) is 0.0420. The van der Waals surface area contributed by atoms with Gasteiger partial charge in [-0.15, -0.1) is 20.3 Å². The molecule has 0 aliphatic carbocycles. The minimum Gasteiger partial charge on any atom is -0.542 e. The molecule has 7 N–H and O–H groups in total. The first-order valence-corrected chi connectivity index (χ1v) is 17.9. The average Bonchev–Trinajstić information content (AvgIpc) is 3.61. The summed E-state index contributed by atoms with van der Waals surface area (Å²) in [6.45, 7) is 7.65. The van der Waals surface area contributed by atoms with Crippen LogP contribution in [0.2, 0.25) is 0 Å². The molecular weight excluding hydrogens is 786 g/mol. The molecule has 1 aromatic carbocycles. The zero-order chi connectivity index (χ0) is 41.6. The van der Waals surface area contributed by atoms with E-state index >= 15 is 0 Å². The highest BCUT2D eigenvalue weighted by atomic mass is 32.3. The van der Waals surface area contributed by atoms with Crippen LogP contribution in [-0.2, 0) is 52.3 Å². The summed E-state index contributed by atoms with van der Waals surface area (Å²) in [4.78, 5) is 55.8. The molecule has 0 radical (unpaired) electrons. The Morgan fingerprint density at radius 1 is 1.22 bits per heavy atom. The molecule has 302 valence electrons. The number of hydroxylamine groups is 2. The number of β-lactam (4-membered cyclic amide) rings is 1. The van der Waals surface area contributed by atoms with Crippen molar-refractivity contribution in [1.82, 2.24) is 20.0 Å². The average molecular weight is 823 g/mol. The van der Waals surface area contributed by atoms with Gasteiger partial charge < -0.3 is 41.4 Å². The van der Waals surface area contributed by atoms with E-state index in [0.29, 0.717) is 17.4 Å². The second-order valence-electron chi connectivity index (χ2n) is 12.1. The van der Waals surface area contributed by atoms with Crippen molar-refractivity contribution in [2.24, 2.45) is 17.9 Å². The van der Waals surface area contributed by atoms with Gasteiger partial charge in [-0.05, 0) is 51.4 Å². The van der Waals surface area contributed by atoms with E-state index in [1.54, 1.807) is 12.1 Å². The number of oxime groups is 1. The number of aliphatic carboxylic acids is 2. The molecule has 2 aromatic heterocycles. The molecule has 3 aromatic rings. The molecule has 3 heterocycles. The zero-order valence-electron chi connectivity index (χ0n) is 29.7. The van der Waals surface area contributed by atoms with Gasteiger partial charge in [-0.25, -0.2) is 9.78 Å². The maximum Gasteiger partial charge on any atom is 0.430 e. The Hall–Kier alpha value is -5.37. The zero-order valence-corrected chi connectivity index (χ0v) is 31.3. The highest BCUT2D eigenvalue weighted by molar-refractivity contribution is 7.80. The van der Waals surface area contributed by atoms with Crippen molar-refractivity contribution in [3.63, 3.8) is 0 Å². The topological polar surface area (TPSA) is 295 Å². The number of amides is 2. The highest BCUT2D eigenvalue weighted by Crippen LogP contribution is 2.33. The van der Waals surface area contributed by atoms with Crippen molar-refractivity contribution in [3.8, 4) is 16.9 Å². The fraction of sp³-hybridized carbons (Fsp3) is 0.433. The van der Waals surface area contributed by atoms with E-state index in [-0.39, 0.29) is 10.8 Å². The van der Waals surface area contributed by atoms with E-state index in [2.05, 4.69) is 29.1 Å². The summed E-state index contributed by atoms with van der Waals surface area (Å²) in [5.41, 5.74) is 13.5. The summed E-state index contributed by atoms with van der Waals surface area (Å²) < 4.78 is 76.9. The Morgan fingerprint density at radius 2 is 1.82 bits per heavy atom. The smallest absolute Gasteiger partial charge is 0.430 e. The second kappa shape index (κ2) is 17.4. The van der Waals surface area contributed by atoms with Gasteiger partial charge in [0.05, 0.1) is 23.3 Å². The Balaban J connectivity index is 0.00000106. The van der Waals surface area contributed by atoms with E-state index < -0.39 is 70.3 Å². The Labute approximate surface area is 314 Å². The molecule has 25 heteroatoms. The second-order valence-corrected chi connectivity index (χ2v) is 14.0. The summed E-state index contributed by atoms with van der Waals surface area (Å²) in [6.07, 6.45) is -6.04. The molecule has 2 amide bonds. The number of nitrogen functional groups attached to an aromatic ring is 1. The van der Waals surface area contributed by atoms with Crippen LogP contribution in [-0.4, -0.2) is 99.3 Å². The summed E-state index contributed by atoms with van der Waals surface area (Å²) in [5.74, 6) is -6.11. The van der Waals surface area contributed by atoms with E-state index in [9.17, 15) is 41.1 Å². The van der Waals surface area contributed by atoms with E-state index in [0.717, 1.165) is 46.8 Å². The summed E-state index contributed by atoms with van der Waals surface area (Å²) in [6, 6.07) is 5.77. The molecular formula is C30H37F3N8O12S2. The van der Waals surface area contributed by atoms with E-state index in [1.165, 1.54) is 19.2 Å². The van der Waals surface area contributed by atoms with Gasteiger partial charge in [0.2, 0.25) is 5.69 Å². The van der Waals surface area contributed by atoms with Crippen molar-refractivity contribution >= 4 is 56.3 Å². The van der Waals surface area contributed by atoms with Gasteiger partial charge in [0, 0.05) is 12.3 Å². The number of nitrogens with zero attached hydrogens (tertiary/aromatic N) is 5. The predicted octanol–water partition coefficient (Wildman–Crippen LogP) is -0.625. The number of carbonyl (C=O) groups is 4. The molecule has 0 unspecified atom stereocenters. The molecule has 0 spiro atoms. The lowest BCUT2D eigenvalue weighted by atomic mass is 9.84. The number of rotatable bonds is 15. The molecule has 20 nitrogen and oxygen atoms in total. The van der Waals surface area contributed by atoms with Crippen molar-refractivity contribution in [2.75, 3.05) is 18.9 Å². The number of benzene rings is 1. The standard InChI is InChI=1S/C28H36N8O10S2.C2HF3O2/c1-15-21(16(2)35(34(15)5)12-6-11-29)17-7-9-18(10-8-17)44-13-20(26(39)40)45-33-22(19-14-47-27(30)31-19)24(37)32-23-25(38)36(28(23,3)4)46-48(41,42)43;3-2(4,5)1(6)7/h7-10,14,20,23H,6,11-13,29H2,1-5H3,(H4-,30,31,32,37,39,40,41,42,43);(H,6,7)/b33-22-;/t20-,23+;/m0./s1. The third-order valence-electron chi connectivity index (χ3n) is 7.96. The Morgan fingerprint density at radius 3 is 2.29 bits per heavy atom. The van der Waals surface area contributed by atoms with Crippen molar-refractivity contribution in [2.45, 2.75) is 64.5 Å². The summed E-state index contributed by atoms with van der Waals surface area (Å²) in [7, 11) is -3.03. The van der Waals surface area contributed by atoms with Crippen LogP contribution in [0, 0.1) is 13.8 Å².